The van der Waals surface area contributed by atoms with Crippen LogP contribution in [0.1, 0.15) is 285 Å². The van der Waals surface area contributed by atoms with Crippen LogP contribution in [-0.4, -0.2) is 37.2 Å². The van der Waals surface area contributed by atoms with Gasteiger partial charge in [0.1, 0.15) is 13.2 Å². The van der Waals surface area contributed by atoms with Gasteiger partial charge in [-0.25, -0.2) is 0 Å². The minimum Gasteiger partial charge on any atom is -0.462 e. The molecule has 6 nitrogen and oxygen atoms in total. The predicted molar refractivity (Wildman–Crippen MR) is 247 cm³/mol. The van der Waals surface area contributed by atoms with E-state index in [1.807, 2.05) is 0 Å². The lowest BCUT2D eigenvalue weighted by molar-refractivity contribution is -0.167. The van der Waals surface area contributed by atoms with E-state index in [0.29, 0.717) is 19.3 Å². The summed E-state index contributed by atoms with van der Waals surface area (Å²) in [6, 6.07) is 0. The zero-order valence-electron chi connectivity index (χ0n) is 39.7. The molecule has 0 aliphatic carbocycles. The Hall–Kier alpha value is -1.59. The molecule has 344 valence electrons. The predicted octanol–water partition coefficient (Wildman–Crippen LogP) is 16.5. The van der Waals surface area contributed by atoms with Crippen molar-refractivity contribution in [1.82, 2.24) is 0 Å². The van der Waals surface area contributed by atoms with Crippen molar-refractivity contribution in [2.24, 2.45) is 11.8 Å². The molecule has 0 saturated carbocycles. The standard InChI is InChI=1S/C52H100O6/c1-6-7-8-9-10-11-12-13-14-15-16-17-18-19-23-26-32-37-42-50(53)56-45-49(58-52(55)44-39-34-29-28-31-36-41-48(4)5)46-57-51(54)43-38-33-27-24-21-20-22-25-30-35-40-47(2)3/h47-49H,6-46H2,1-5H3/t49-/m1/s1. The van der Waals surface area contributed by atoms with Crippen LogP contribution in [0, 0.1) is 11.8 Å². The van der Waals surface area contributed by atoms with Crippen LogP contribution in [0.25, 0.3) is 0 Å². The number of hydrogen-bond acceptors (Lipinski definition) is 6. The van der Waals surface area contributed by atoms with E-state index in [4.69, 9.17) is 14.2 Å². The van der Waals surface area contributed by atoms with Gasteiger partial charge in [0, 0.05) is 19.3 Å². The molecule has 0 fully saturated rings. The Bertz CT molecular complexity index is 885. The second kappa shape index (κ2) is 44.9. The van der Waals surface area contributed by atoms with Crippen LogP contribution in [0.4, 0.5) is 0 Å². The molecule has 6 heteroatoms. The Morgan fingerprint density at radius 1 is 0.328 bits per heavy atom. The van der Waals surface area contributed by atoms with Gasteiger partial charge in [-0.05, 0) is 31.1 Å². The summed E-state index contributed by atoms with van der Waals surface area (Å²) in [6.07, 6.45) is 45.4. The lowest BCUT2D eigenvalue weighted by atomic mass is 10.0. The van der Waals surface area contributed by atoms with E-state index in [0.717, 1.165) is 69.6 Å². The maximum Gasteiger partial charge on any atom is 0.306 e. The molecule has 0 aromatic rings. The molecule has 0 heterocycles. The first kappa shape index (κ1) is 56.4. The summed E-state index contributed by atoms with van der Waals surface area (Å²) in [4.78, 5) is 37.8. The number of carbonyl (C=O) groups is 3. The fourth-order valence-corrected chi connectivity index (χ4v) is 7.81. The first-order valence-corrected chi connectivity index (χ1v) is 25.7. The third-order valence-corrected chi connectivity index (χ3v) is 11.7. The number of carbonyl (C=O) groups excluding carboxylic acids is 3. The molecule has 0 radical (unpaired) electrons. The van der Waals surface area contributed by atoms with Gasteiger partial charge in [0.05, 0.1) is 0 Å². The molecule has 0 rings (SSSR count). The molecular weight excluding hydrogens is 721 g/mol. The molecule has 0 aromatic carbocycles. The van der Waals surface area contributed by atoms with Crippen molar-refractivity contribution >= 4 is 17.9 Å². The molecule has 0 amide bonds. The van der Waals surface area contributed by atoms with Crippen molar-refractivity contribution in [3.05, 3.63) is 0 Å². The number of ether oxygens (including phenoxy) is 3. The van der Waals surface area contributed by atoms with E-state index in [1.54, 1.807) is 0 Å². The van der Waals surface area contributed by atoms with Crippen LogP contribution >= 0.6 is 0 Å². The first-order chi connectivity index (χ1) is 28.2. The van der Waals surface area contributed by atoms with E-state index in [1.165, 1.54) is 173 Å². The molecular formula is C52H100O6. The average molecular weight is 821 g/mol. The zero-order valence-corrected chi connectivity index (χ0v) is 39.7. The lowest BCUT2D eigenvalue weighted by Gasteiger charge is -2.18. The van der Waals surface area contributed by atoms with Crippen LogP contribution in [0.5, 0.6) is 0 Å². The largest absolute Gasteiger partial charge is 0.462 e. The first-order valence-electron chi connectivity index (χ1n) is 25.7. The van der Waals surface area contributed by atoms with Crippen LogP contribution in [0.15, 0.2) is 0 Å². The van der Waals surface area contributed by atoms with Crippen molar-refractivity contribution in [3.8, 4) is 0 Å². The number of unbranched alkanes of at least 4 members (excludes halogenated alkanes) is 31. The number of esters is 3. The van der Waals surface area contributed by atoms with Crippen molar-refractivity contribution in [2.75, 3.05) is 13.2 Å². The maximum atomic E-state index is 12.7. The van der Waals surface area contributed by atoms with Crippen LogP contribution in [0.2, 0.25) is 0 Å². The summed E-state index contributed by atoms with van der Waals surface area (Å²) in [5.41, 5.74) is 0. The molecule has 0 aliphatic rings. The molecule has 0 N–H and O–H groups in total. The molecule has 1 atom stereocenters. The minimum atomic E-state index is -0.762. The topological polar surface area (TPSA) is 78.9 Å². The fourth-order valence-electron chi connectivity index (χ4n) is 7.81. The highest BCUT2D eigenvalue weighted by atomic mass is 16.6. The van der Waals surface area contributed by atoms with Crippen LogP contribution in [0.3, 0.4) is 0 Å². The molecule has 0 spiro atoms. The summed E-state index contributed by atoms with van der Waals surface area (Å²) in [5, 5.41) is 0. The van der Waals surface area contributed by atoms with Gasteiger partial charge < -0.3 is 14.2 Å². The Balaban J connectivity index is 4.22. The summed E-state index contributed by atoms with van der Waals surface area (Å²) in [7, 11) is 0. The lowest BCUT2D eigenvalue weighted by Crippen LogP contribution is -2.30. The highest BCUT2D eigenvalue weighted by molar-refractivity contribution is 5.71. The normalized spacial score (nSPS) is 12.1. The van der Waals surface area contributed by atoms with Crippen molar-refractivity contribution in [2.45, 2.75) is 291 Å². The van der Waals surface area contributed by atoms with Gasteiger partial charge in [-0.2, -0.15) is 0 Å². The van der Waals surface area contributed by atoms with Gasteiger partial charge >= 0.3 is 17.9 Å². The Morgan fingerprint density at radius 2 is 0.569 bits per heavy atom. The molecule has 0 aliphatic heterocycles. The maximum absolute atomic E-state index is 12.7. The van der Waals surface area contributed by atoms with E-state index >= 15 is 0 Å². The molecule has 0 saturated heterocycles. The second-order valence-corrected chi connectivity index (χ2v) is 18.8. The summed E-state index contributed by atoms with van der Waals surface area (Å²) in [6.45, 7) is 11.3. The number of rotatable bonds is 46. The van der Waals surface area contributed by atoms with Crippen molar-refractivity contribution in [1.29, 1.82) is 0 Å². The van der Waals surface area contributed by atoms with Gasteiger partial charge in [0.15, 0.2) is 6.10 Å². The van der Waals surface area contributed by atoms with Gasteiger partial charge in [0.2, 0.25) is 0 Å². The fraction of sp³-hybridized carbons (Fsp3) is 0.942. The summed E-state index contributed by atoms with van der Waals surface area (Å²) >= 11 is 0. The molecule has 0 bridgehead atoms. The Labute approximate surface area is 361 Å². The van der Waals surface area contributed by atoms with E-state index in [2.05, 4.69) is 34.6 Å². The third-order valence-electron chi connectivity index (χ3n) is 11.7. The SMILES string of the molecule is CCCCCCCCCCCCCCCCCCCCC(=O)OC[C@H](COC(=O)CCCCCCCCCCCCC(C)C)OC(=O)CCCCCCCCC(C)C. The Kier molecular flexibility index (Phi) is 43.7. The molecule has 58 heavy (non-hydrogen) atoms. The van der Waals surface area contributed by atoms with Crippen molar-refractivity contribution in [3.63, 3.8) is 0 Å². The van der Waals surface area contributed by atoms with E-state index in [-0.39, 0.29) is 31.1 Å². The summed E-state index contributed by atoms with van der Waals surface area (Å²) in [5.74, 6) is 0.722. The van der Waals surface area contributed by atoms with Gasteiger partial charge in [-0.1, -0.05) is 247 Å². The minimum absolute atomic E-state index is 0.0650. The average Bonchev–Trinajstić information content (AvgIpc) is 3.19. The van der Waals surface area contributed by atoms with Crippen molar-refractivity contribution < 1.29 is 28.6 Å². The van der Waals surface area contributed by atoms with Crippen LogP contribution < -0.4 is 0 Å². The zero-order chi connectivity index (χ0) is 42.6. The Morgan fingerprint density at radius 3 is 0.845 bits per heavy atom. The van der Waals surface area contributed by atoms with Gasteiger partial charge in [-0.15, -0.1) is 0 Å². The molecule has 0 unspecified atom stereocenters. The highest BCUT2D eigenvalue weighted by Gasteiger charge is 2.19. The van der Waals surface area contributed by atoms with Gasteiger partial charge in [0.25, 0.3) is 0 Å². The summed E-state index contributed by atoms with van der Waals surface area (Å²) < 4.78 is 16.8. The quantitative estimate of drug-likeness (QED) is 0.0346. The molecule has 0 aromatic heterocycles. The van der Waals surface area contributed by atoms with E-state index < -0.39 is 6.10 Å². The van der Waals surface area contributed by atoms with E-state index in [9.17, 15) is 14.4 Å². The second-order valence-electron chi connectivity index (χ2n) is 18.8. The van der Waals surface area contributed by atoms with Crippen LogP contribution in [-0.2, 0) is 28.6 Å². The highest BCUT2D eigenvalue weighted by Crippen LogP contribution is 2.17. The van der Waals surface area contributed by atoms with Gasteiger partial charge in [-0.3, -0.25) is 14.4 Å². The smallest absolute Gasteiger partial charge is 0.306 e. The monoisotopic (exact) mass is 821 g/mol. The third kappa shape index (κ3) is 45.5. The number of hydrogen-bond donors (Lipinski definition) is 0.